The number of allylic oxidation sites excluding steroid dienone is 1. The molecule has 4 rings (SSSR count). The largest absolute Gasteiger partial charge is 0.411 e. The minimum atomic E-state index is -4.25. The van der Waals surface area contributed by atoms with E-state index in [1.165, 1.54) is 6.21 Å². The summed E-state index contributed by atoms with van der Waals surface area (Å²) in [6, 6.07) is -1.40. The number of likely N-dealkylation sites (N-methyl/N-ethyl adjacent to an activating group) is 1. The molecule has 0 radical (unpaired) electrons. The third-order valence-corrected chi connectivity index (χ3v) is 4.05. The molecule has 0 spiro atoms. The van der Waals surface area contributed by atoms with Gasteiger partial charge in [-0.2, -0.15) is 13.2 Å². The standard InChI is InChI=1S/C13H18F3N3O/c1-18-5-10-8-20-11(6-18)7-19(10)9-2-3-12(17-4-9)13(14,15)16/h2,4,10-12H,3,5-8H2,1H3. The second-order valence-corrected chi connectivity index (χ2v) is 5.68. The number of ether oxygens (including phenoxy) is 1. The highest BCUT2D eigenvalue weighted by Crippen LogP contribution is 2.30. The topological polar surface area (TPSA) is 28.1 Å². The molecule has 20 heavy (non-hydrogen) atoms. The minimum absolute atomic E-state index is 0.0695. The van der Waals surface area contributed by atoms with Gasteiger partial charge < -0.3 is 14.5 Å². The van der Waals surface area contributed by atoms with Crippen molar-refractivity contribution in [2.75, 3.05) is 33.3 Å². The molecule has 0 saturated carbocycles. The van der Waals surface area contributed by atoms with Crippen molar-refractivity contribution < 1.29 is 17.9 Å². The Kier molecular flexibility index (Phi) is 3.50. The Balaban J connectivity index is 1.72. The Morgan fingerprint density at radius 3 is 2.75 bits per heavy atom. The van der Waals surface area contributed by atoms with Gasteiger partial charge in [0.15, 0.2) is 0 Å². The molecule has 0 aromatic rings. The van der Waals surface area contributed by atoms with Crippen LogP contribution in [0.5, 0.6) is 0 Å². The fraction of sp³-hybridized carbons (Fsp3) is 0.769. The highest BCUT2D eigenvalue weighted by Gasteiger charge is 2.41. The van der Waals surface area contributed by atoms with Crippen molar-refractivity contribution in [3.05, 3.63) is 11.8 Å². The minimum Gasteiger partial charge on any atom is -0.373 e. The number of morpholine rings is 1. The van der Waals surface area contributed by atoms with E-state index >= 15 is 0 Å². The van der Waals surface area contributed by atoms with Crippen LogP contribution in [0.25, 0.3) is 0 Å². The third kappa shape index (κ3) is 2.69. The molecule has 112 valence electrons. The number of alkyl halides is 3. The molecule has 0 aliphatic carbocycles. The van der Waals surface area contributed by atoms with Crippen molar-refractivity contribution in [3.63, 3.8) is 0 Å². The third-order valence-electron chi connectivity index (χ3n) is 4.05. The van der Waals surface area contributed by atoms with Crippen LogP contribution in [0.4, 0.5) is 13.2 Å². The predicted molar refractivity (Wildman–Crippen MR) is 68.8 cm³/mol. The number of halogens is 3. The average Bonchev–Trinajstić information content (AvgIpc) is 2.66. The van der Waals surface area contributed by atoms with Gasteiger partial charge in [-0.05, 0) is 13.5 Å². The SMILES string of the molecule is CN1CC2CN(C3=CCC(C(F)(F)F)N=C3)C(CO2)C1. The number of hydrogen-bond donors (Lipinski definition) is 0. The van der Waals surface area contributed by atoms with Gasteiger partial charge in [-0.1, -0.05) is 6.08 Å². The molecular weight excluding hydrogens is 271 g/mol. The van der Waals surface area contributed by atoms with Crippen molar-refractivity contribution in [2.45, 2.75) is 30.8 Å². The first-order valence-corrected chi connectivity index (χ1v) is 6.80. The lowest BCUT2D eigenvalue weighted by atomic mass is 10.1. The Bertz CT molecular complexity index is 435. The first-order valence-electron chi connectivity index (χ1n) is 6.80. The van der Waals surface area contributed by atoms with Gasteiger partial charge in [-0.15, -0.1) is 0 Å². The molecule has 4 aliphatic heterocycles. The van der Waals surface area contributed by atoms with Crippen LogP contribution in [0.2, 0.25) is 0 Å². The van der Waals surface area contributed by atoms with Gasteiger partial charge in [0.25, 0.3) is 0 Å². The number of rotatable bonds is 1. The molecule has 4 nitrogen and oxygen atoms in total. The highest BCUT2D eigenvalue weighted by atomic mass is 19.4. The fourth-order valence-corrected chi connectivity index (χ4v) is 3.04. The number of dihydropyridines is 1. The summed E-state index contributed by atoms with van der Waals surface area (Å²) in [6.07, 6.45) is -1.17. The van der Waals surface area contributed by atoms with Crippen molar-refractivity contribution in [2.24, 2.45) is 4.99 Å². The van der Waals surface area contributed by atoms with Crippen molar-refractivity contribution in [1.29, 1.82) is 0 Å². The van der Waals surface area contributed by atoms with Crippen molar-refractivity contribution in [1.82, 2.24) is 9.80 Å². The normalized spacial score (nSPS) is 35.1. The highest BCUT2D eigenvalue weighted by molar-refractivity contribution is 5.79. The summed E-state index contributed by atoms with van der Waals surface area (Å²) >= 11 is 0. The van der Waals surface area contributed by atoms with E-state index in [9.17, 15) is 13.2 Å². The summed E-state index contributed by atoms with van der Waals surface area (Å²) in [4.78, 5) is 8.03. The van der Waals surface area contributed by atoms with E-state index in [1.807, 2.05) is 7.05 Å². The van der Waals surface area contributed by atoms with Gasteiger partial charge in [-0.25, -0.2) is 0 Å². The van der Waals surface area contributed by atoms with E-state index in [4.69, 9.17) is 4.74 Å². The quantitative estimate of drug-likeness (QED) is 0.728. The summed E-state index contributed by atoms with van der Waals surface area (Å²) in [6.45, 7) is 3.08. The number of nitrogens with zero attached hydrogens (tertiary/aromatic N) is 3. The van der Waals surface area contributed by atoms with Gasteiger partial charge in [0.1, 0.15) is 6.04 Å². The van der Waals surface area contributed by atoms with Crippen LogP contribution in [0, 0.1) is 0 Å². The first kappa shape index (κ1) is 13.9. The van der Waals surface area contributed by atoms with Crippen LogP contribution in [0.3, 0.4) is 0 Å². The summed E-state index contributed by atoms with van der Waals surface area (Å²) in [5.74, 6) is 0. The van der Waals surface area contributed by atoms with E-state index in [-0.39, 0.29) is 18.6 Å². The number of aliphatic imine (C=N–C) groups is 1. The number of hydrogen-bond acceptors (Lipinski definition) is 4. The van der Waals surface area contributed by atoms with Crippen LogP contribution < -0.4 is 0 Å². The molecule has 4 aliphatic rings. The monoisotopic (exact) mass is 289 g/mol. The van der Waals surface area contributed by atoms with Crippen LogP contribution in [-0.2, 0) is 4.74 Å². The lowest BCUT2D eigenvalue weighted by molar-refractivity contribution is -0.146. The van der Waals surface area contributed by atoms with Gasteiger partial charge in [0.05, 0.1) is 24.4 Å². The maximum atomic E-state index is 12.6. The molecule has 0 N–H and O–H groups in total. The molecule has 3 fully saturated rings. The molecule has 2 bridgehead atoms. The molecule has 4 heterocycles. The maximum absolute atomic E-state index is 12.6. The van der Waals surface area contributed by atoms with E-state index in [0.29, 0.717) is 6.61 Å². The summed E-state index contributed by atoms with van der Waals surface area (Å²) in [7, 11) is 2.04. The lowest BCUT2D eigenvalue weighted by Crippen LogP contribution is -2.49. The Morgan fingerprint density at radius 1 is 1.30 bits per heavy atom. The number of fused-ring (bicyclic) bond motifs is 4. The molecule has 0 aromatic heterocycles. The van der Waals surface area contributed by atoms with Gasteiger partial charge in [-0.3, -0.25) is 4.99 Å². The van der Waals surface area contributed by atoms with E-state index in [0.717, 1.165) is 25.3 Å². The summed E-state index contributed by atoms with van der Waals surface area (Å²) < 4.78 is 43.5. The van der Waals surface area contributed by atoms with Crippen LogP contribution in [0.15, 0.2) is 16.8 Å². The summed E-state index contributed by atoms with van der Waals surface area (Å²) in [5.41, 5.74) is 0.805. The summed E-state index contributed by atoms with van der Waals surface area (Å²) in [5, 5.41) is 0. The maximum Gasteiger partial charge on any atom is 0.411 e. The van der Waals surface area contributed by atoms with Gasteiger partial charge in [0.2, 0.25) is 0 Å². The zero-order valence-corrected chi connectivity index (χ0v) is 11.3. The molecule has 7 heteroatoms. The van der Waals surface area contributed by atoms with E-state index in [1.54, 1.807) is 6.08 Å². The Morgan fingerprint density at radius 2 is 2.10 bits per heavy atom. The van der Waals surface area contributed by atoms with E-state index in [2.05, 4.69) is 14.8 Å². The molecule has 3 unspecified atom stereocenters. The smallest absolute Gasteiger partial charge is 0.373 e. The molecule has 3 saturated heterocycles. The first-order chi connectivity index (χ1) is 9.43. The van der Waals surface area contributed by atoms with Crippen LogP contribution in [-0.4, -0.2) is 73.7 Å². The molecular formula is C13H18F3N3O. The second kappa shape index (κ2) is 5.04. The van der Waals surface area contributed by atoms with Gasteiger partial charge in [0, 0.05) is 25.8 Å². The van der Waals surface area contributed by atoms with Crippen molar-refractivity contribution >= 4 is 6.21 Å². The predicted octanol–water partition coefficient (Wildman–Crippen LogP) is 1.29. The molecule has 0 aromatic carbocycles. The van der Waals surface area contributed by atoms with E-state index < -0.39 is 12.2 Å². The van der Waals surface area contributed by atoms with Crippen LogP contribution in [0.1, 0.15) is 6.42 Å². The van der Waals surface area contributed by atoms with Crippen LogP contribution >= 0.6 is 0 Å². The zero-order valence-electron chi connectivity index (χ0n) is 11.3. The second-order valence-electron chi connectivity index (χ2n) is 5.68. The van der Waals surface area contributed by atoms with Crippen molar-refractivity contribution in [3.8, 4) is 0 Å². The average molecular weight is 289 g/mol. The lowest BCUT2D eigenvalue weighted by Gasteiger charge is -2.39. The zero-order chi connectivity index (χ0) is 14.3. The molecule has 0 amide bonds. The van der Waals surface area contributed by atoms with Gasteiger partial charge >= 0.3 is 6.18 Å². The Labute approximate surface area is 115 Å². The fourth-order valence-electron chi connectivity index (χ4n) is 3.04. The Hall–Kier alpha value is -1.08. The molecule has 3 atom stereocenters.